The molecule has 6 heteroatoms. The van der Waals surface area contributed by atoms with Gasteiger partial charge in [-0.1, -0.05) is 0 Å². The highest BCUT2D eigenvalue weighted by molar-refractivity contribution is 7.27. The van der Waals surface area contributed by atoms with Crippen LogP contribution in [0.1, 0.15) is 9.67 Å². The predicted octanol–water partition coefficient (Wildman–Crippen LogP) is 3.55. The van der Waals surface area contributed by atoms with E-state index in [-0.39, 0.29) is 5.91 Å². The Hall–Kier alpha value is -1.89. The molecule has 0 spiro atoms. The summed E-state index contributed by atoms with van der Waals surface area (Å²) in [6, 6.07) is 11.2. The van der Waals surface area contributed by atoms with Gasteiger partial charge in [0, 0.05) is 21.6 Å². The predicted molar refractivity (Wildman–Crippen MR) is 88.6 cm³/mol. The van der Waals surface area contributed by atoms with Gasteiger partial charge in [0.15, 0.2) is 0 Å². The van der Waals surface area contributed by atoms with Crippen LogP contribution in [0.15, 0.2) is 41.8 Å². The Balaban J connectivity index is 1.68. The number of hydrogen-bond acceptors (Lipinski definition) is 5. The number of thiophene rings is 2. The summed E-state index contributed by atoms with van der Waals surface area (Å²) in [6.07, 6.45) is 0. The molecule has 0 saturated carbocycles. The monoisotopic (exact) mass is 318 g/mol. The number of nitrogens with one attached hydrogen (secondary N) is 1. The van der Waals surface area contributed by atoms with Crippen molar-refractivity contribution < 1.29 is 9.53 Å². The third-order valence-corrected chi connectivity index (χ3v) is 4.95. The topological polar surface area (TPSA) is 64.3 Å². The minimum Gasteiger partial charge on any atom is -0.492 e. The summed E-state index contributed by atoms with van der Waals surface area (Å²) in [5.41, 5.74) is 6.13. The fourth-order valence-corrected chi connectivity index (χ4v) is 3.89. The van der Waals surface area contributed by atoms with Gasteiger partial charge < -0.3 is 15.8 Å². The molecule has 3 rings (SSSR count). The summed E-state index contributed by atoms with van der Waals surface area (Å²) in [5.74, 6) is 0.661. The van der Waals surface area contributed by atoms with Crippen molar-refractivity contribution in [3.63, 3.8) is 0 Å². The van der Waals surface area contributed by atoms with Crippen LogP contribution in [-0.4, -0.2) is 19.1 Å². The number of fused-ring (bicyclic) bond motifs is 1. The summed E-state index contributed by atoms with van der Waals surface area (Å²) < 4.78 is 7.69. The molecule has 0 fully saturated rings. The molecule has 2 heterocycles. The average Bonchev–Trinajstić information content (AvgIpc) is 3.07. The Morgan fingerprint density at radius 3 is 2.71 bits per heavy atom. The lowest BCUT2D eigenvalue weighted by Crippen LogP contribution is -2.11. The number of anilines is 1. The summed E-state index contributed by atoms with van der Waals surface area (Å²) >= 11 is 3.15. The van der Waals surface area contributed by atoms with Gasteiger partial charge in [-0.3, -0.25) is 4.79 Å². The zero-order chi connectivity index (χ0) is 14.7. The second-order valence-electron chi connectivity index (χ2n) is 4.38. The Labute approximate surface area is 130 Å². The first-order valence-electron chi connectivity index (χ1n) is 6.47. The third kappa shape index (κ3) is 3.24. The summed E-state index contributed by atoms with van der Waals surface area (Å²) in [4.78, 5) is 12.9. The number of carbonyl (C=O) groups excluding carboxylic acids is 1. The normalized spacial score (nSPS) is 10.7. The van der Waals surface area contributed by atoms with E-state index in [1.807, 2.05) is 41.8 Å². The van der Waals surface area contributed by atoms with E-state index >= 15 is 0 Å². The van der Waals surface area contributed by atoms with E-state index in [1.165, 1.54) is 11.3 Å². The SMILES string of the molecule is NCCOc1ccc(NC(=O)c2cc3sccc3s2)cc1. The number of ether oxygens (including phenoxy) is 1. The molecule has 0 unspecified atom stereocenters. The first kappa shape index (κ1) is 14.1. The van der Waals surface area contributed by atoms with Crippen LogP contribution >= 0.6 is 22.7 Å². The molecule has 1 aromatic carbocycles. The third-order valence-electron chi connectivity index (χ3n) is 2.86. The Morgan fingerprint density at radius 2 is 2.00 bits per heavy atom. The minimum atomic E-state index is -0.0842. The molecule has 0 aliphatic carbocycles. The van der Waals surface area contributed by atoms with E-state index in [2.05, 4.69) is 5.32 Å². The van der Waals surface area contributed by atoms with Crippen molar-refractivity contribution in [2.75, 3.05) is 18.5 Å². The fourth-order valence-electron chi connectivity index (χ4n) is 1.88. The first-order chi connectivity index (χ1) is 10.3. The molecule has 4 nitrogen and oxygen atoms in total. The molecule has 0 radical (unpaired) electrons. The van der Waals surface area contributed by atoms with Crippen molar-refractivity contribution in [2.24, 2.45) is 5.73 Å². The highest BCUT2D eigenvalue weighted by Gasteiger charge is 2.11. The maximum atomic E-state index is 12.2. The van der Waals surface area contributed by atoms with Crippen LogP contribution in [0.2, 0.25) is 0 Å². The number of hydrogen-bond donors (Lipinski definition) is 2. The zero-order valence-corrected chi connectivity index (χ0v) is 12.8. The van der Waals surface area contributed by atoms with Crippen LogP contribution < -0.4 is 15.8 Å². The van der Waals surface area contributed by atoms with Gasteiger partial charge in [0.2, 0.25) is 0 Å². The first-order valence-corrected chi connectivity index (χ1v) is 8.17. The maximum absolute atomic E-state index is 12.2. The van der Waals surface area contributed by atoms with Crippen LogP contribution in [0.5, 0.6) is 5.75 Å². The summed E-state index contributed by atoms with van der Waals surface area (Å²) in [6.45, 7) is 0.964. The van der Waals surface area contributed by atoms with Gasteiger partial charge in [-0.15, -0.1) is 22.7 Å². The Kier molecular flexibility index (Phi) is 4.19. The molecule has 108 valence electrons. The highest BCUT2D eigenvalue weighted by atomic mass is 32.1. The lowest BCUT2D eigenvalue weighted by molar-refractivity contribution is 0.103. The smallest absolute Gasteiger partial charge is 0.265 e. The quantitative estimate of drug-likeness (QED) is 0.756. The van der Waals surface area contributed by atoms with Crippen molar-refractivity contribution >= 4 is 43.7 Å². The number of nitrogens with two attached hydrogens (primary N) is 1. The maximum Gasteiger partial charge on any atom is 0.265 e. The molecule has 1 amide bonds. The van der Waals surface area contributed by atoms with E-state index in [4.69, 9.17) is 10.5 Å². The van der Waals surface area contributed by atoms with Crippen molar-refractivity contribution in [3.05, 3.63) is 46.7 Å². The average molecular weight is 318 g/mol. The van der Waals surface area contributed by atoms with Crippen molar-refractivity contribution in [2.45, 2.75) is 0 Å². The van der Waals surface area contributed by atoms with Crippen molar-refractivity contribution in [1.29, 1.82) is 0 Å². The Morgan fingerprint density at radius 1 is 1.19 bits per heavy atom. The number of amides is 1. The molecule has 0 aliphatic rings. The number of benzene rings is 1. The minimum absolute atomic E-state index is 0.0842. The van der Waals surface area contributed by atoms with Crippen molar-refractivity contribution in [3.8, 4) is 5.75 Å². The molecule has 3 aromatic rings. The molecule has 2 aromatic heterocycles. The van der Waals surface area contributed by atoms with Gasteiger partial charge in [-0.2, -0.15) is 0 Å². The van der Waals surface area contributed by atoms with Crippen molar-refractivity contribution in [1.82, 2.24) is 0 Å². The van der Waals surface area contributed by atoms with Gasteiger partial charge in [0.25, 0.3) is 5.91 Å². The van der Waals surface area contributed by atoms with Crippen LogP contribution in [0.3, 0.4) is 0 Å². The van der Waals surface area contributed by atoms with Crippen LogP contribution in [-0.2, 0) is 0 Å². The van der Waals surface area contributed by atoms with Gasteiger partial charge in [-0.05, 0) is 41.8 Å². The lowest BCUT2D eigenvalue weighted by atomic mass is 10.3. The summed E-state index contributed by atoms with van der Waals surface area (Å²) in [5, 5.41) is 4.92. The van der Waals surface area contributed by atoms with Crippen LogP contribution in [0, 0.1) is 0 Å². The zero-order valence-electron chi connectivity index (χ0n) is 11.2. The highest BCUT2D eigenvalue weighted by Crippen LogP contribution is 2.30. The van der Waals surface area contributed by atoms with Gasteiger partial charge in [-0.25, -0.2) is 0 Å². The molecule has 0 saturated heterocycles. The lowest BCUT2D eigenvalue weighted by Gasteiger charge is -2.06. The molecule has 0 atom stereocenters. The summed E-state index contributed by atoms with van der Waals surface area (Å²) in [7, 11) is 0. The number of carbonyl (C=O) groups is 1. The van der Waals surface area contributed by atoms with Gasteiger partial charge in [0.05, 0.1) is 4.88 Å². The molecule has 0 aliphatic heterocycles. The second kappa shape index (κ2) is 6.26. The second-order valence-corrected chi connectivity index (χ2v) is 6.41. The van der Waals surface area contributed by atoms with Gasteiger partial charge in [0.1, 0.15) is 12.4 Å². The molecular formula is C15H14N2O2S2. The van der Waals surface area contributed by atoms with E-state index in [9.17, 15) is 4.79 Å². The molecule has 21 heavy (non-hydrogen) atoms. The van der Waals surface area contributed by atoms with E-state index in [1.54, 1.807) is 11.3 Å². The standard InChI is InChI=1S/C15H14N2O2S2/c16-6-7-19-11-3-1-10(2-4-11)17-15(18)14-9-13-12(21-14)5-8-20-13/h1-5,8-9H,6-7,16H2,(H,17,18). The number of rotatable bonds is 5. The van der Waals surface area contributed by atoms with Crippen LogP contribution in [0.4, 0.5) is 5.69 Å². The largest absolute Gasteiger partial charge is 0.492 e. The van der Waals surface area contributed by atoms with E-state index in [0.29, 0.717) is 13.2 Å². The fraction of sp³-hybridized carbons (Fsp3) is 0.133. The molecular weight excluding hydrogens is 304 g/mol. The van der Waals surface area contributed by atoms with Crippen LogP contribution in [0.25, 0.3) is 9.40 Å². The van der Waals surface area contributed by atoms with E-state index < -0.39 is 0 Å². The Bertz CT molecular complexity index is 718. The van der Waals surface area contributed by atoms with Gasteiger partial charge >= 0.3 is 0 Å². The molecule has 3 N–H and O–H groups in total. The molecule has 0 bridgehead atoms. The van der Waals surface area contributed by atoms with E-state index in [0.717, 1.165) is 25.7 Å².